The van der Waals surface area contributed by atoms with Crippen LogP contribution in [0.25, 0.3) is 0 Å². The predicted molar refractivity (Wildman–Crippen MR) is 281 cm³/mol. The van der Waals surface area contributed by atoms with Crippen LogP contribution in [0.5, 0.6) is 0 Å². The van der Waals surface area contributed by atoms with Crippen molar-refractivity contribution in [2.45, 2.75) is 267 Å². The van der Waals surface area contributed by atoms with Gasteiger partial charge in [0.15, 0.2) is 29.3 Å². The van der Waals surface area contributed by atoms with Gasteiger partial charge in [-0.15, -0.1) is 0 Å². The minimum atomic E-state index is -10.7. The molecule has 434 valence electrons. The van der Waals surface area contributed by atoms with E-state index in [1.165, 1.54) is 188 Å². The first-order valence-electron chi connectivity index (χ1n) is 27.5. The fraction of sp³-hybridized carbons (Fsp3) is 0.796. The number of nitrogens with zero attached hydrogens (tertiary/aromatic N) is 3. The average molecular weight is 1110 g/mol. The van der Waals surface area contributed by atoms with E-state index in [0.29, 0.717) is 6.54 Å². The van der Waals surface area contributed by atoms with Crippen LogP contribution in [0, 0.1) is 27.7 Å². The summed E-state index contributed by atoms with van der Waals surface area (Å²) < 4.78 is 129. The molecule has 19 heteroatoms. The molecule has 0 aliphatic carbocycles. The van der Waals surface area contributed by atoms with Crippen LogP contribution < -0.4 is 9.13 Å². The van der Waals surface area contributed by atoms with Crippen molar-refractivity contribution in [3.05, 3.63) is 58.2 Å². The van der Waals surface area contributed by atoms with Gasteiger partial charge in [0.05, 0.1) is 0 Å². The third kappa shape index (κ3) is 50.2. The van der Waals surface area contributed by atoms with Gasteiger partial charge in [-0.1, -0.05) is 155 Å². The normalized spacial score (nSPS) is 13.9. The molecule has 0 aliphatic rings. The van der Waals surface area contributed by atoms with Crippen molar-refractivity contribution < 1.29 is 69.0 Å². The Hall–Kier alpha value is -2.41. The van der Waals surface area contributed by atoms with Gasteiger partial charge in [-0.25, -0.2) is 9.36 Å². The number of ether oxygens (including phenoxy) is 1. The Morgan fingerprint density at radius 1 is 0.438 bits per heavy atom. The number of unbranched alkanes of at least 4 members (excludes halogenated alkanes) is 23. The van der Waals surface area contributed by atoms with E-state index in [9.17, 15) is 55.2 Å². The van der Waals surface area contributed by atoms with E-state index in [1.807, 2.05) is 25.7 Å². The summed E-state index contributed by atoms with van der Waals surface area (Å²) in [6.07, 6.45) is 38.2. The second kappa shape index (κ2) is 31.7. The molecule has 0 saturated carbocycles. The summed E-state index contributed by atoms with van der Waals surface area (Å²) in [5.74, 6) is 0. The molecule has 2 rings (SSSR count). The number of aryl methyl sites for hydroxylation is 6. The first-order chi connectivity index (χ1) is 33.3. The summed E-state index contributed by atoms with van der Waals surface area (Å²) in [7, 11) is -21.3. The SMILES string of the molecule is CCCCCCCCCCCCCCc1cc(C)cc(C)[n+]1CCCCN(CCC[n+]1c(C)cc(C)cc1CCCCCCCCCCCCCC)C(=O)OC(C)(C)C.F[P-](F)(F)(F)(F)F.F[P-](F)(F)(F)(F)F. The maximum absolute atomic E-state index is 13.5. The van der Waals surface area contributed by atoms with E-state index in [-0.39, 0.29) is 6.09 Å². The standard InChI is InChI=1S/C54H97N3O2.2F6P/c1-10-12-14-16-18-20-22-24-26-28-30-32-37-51-45-47(3)43-49(5)56(51)41-35-34-39-55(53(58)59-54(7,8)9)40-36-42-57-50(6)44-48(4)46-52(57)38-33-31-29-27-25-23-21-19-17-15-13-11-2;2*1-7(2,3,4,5)6/h43-46H,10-42H2,1-9H3;;/q+2;2*-1. The monoisotopic (exact) mass is 1110 g/mol. The van der Waals surface area contributed by atoms with Gasteiger partial charge in [-0.2, -0.15) is 4.57 Å². The number of pyridine rings is 2. The molecule has 0 bridgehead atoms. The molecule has 73 heavy (non-hydrogen) atoms. The van der Waals surface area contributed by atoms with Crippen LogP contribution in [0.3, 0.4) is 0 Å². The molecule has 2 aromatic rings. The van der Waals surface area contributed by atoms with Crippen LogP contribution in [-0.4, -0.2) is 29.7 Å². The molecule has 2 heterocycles. The quantitative estimate of drug-likeness (QED) is 0.0299. The summed E-state index contributed by atoms with van der Waals surface area (Å²) in [4.78, 5) is 15.5. The van der Waals surface area contributed by atoms with Crippen molar-refractivity contribution in [1.82, 2.24) is 4.90 Å². The van der Waals surface area contributed by atoms with Gasteiger partial charge in [0, 0.05) is 76.9 Å². The fourth-order valence-electron chi connectivity index (χ4n) is 8.99. The fourth-order valence-corrected chi connectivity index (χ4v) is 8.99. The number of carbonyl (C=O) groups excluding carboxylic acids is 1. The van der Waals surface area contributed by atoms with Gasteiger partial charge in [0.2, 0.25) is 0 Å². The summed E-state index contributed by atoms with van der Waals surface area (Å²) in [6.45, 7) is 22.9. The minimum absolute atomic E-state index is 0.174. The van der Waals surface area contributed by atoms with Crippen LogP contribution in [0.1, 0.15) is 242 Å². The summed E-state index contributed by atoms with van der Waals surface area (Å²) in [5, 5.41) is 0. The van der Waals surface area contributed by atoms with E-state index >= 15 is 0 Å². The Kier molecular flexibility index (Phi) is 30.7. The summed E-state index contributed by atoms with van der Waals surface area (Å²) in [5.41, 5.74) is 7.81. The van der Waals surface area contributed by atoms with E-state index in [2.05, 4.69) is 74.9 Å². The molecule has 0 saturated heterocycles. The van der Waals surface area contributed by atoms with Crippen molar-refractivity contribution in [2.75, 3.05) is 13.1 Å². The zero-order chi connectivity index (χ0) is 56.0. The number of aromatic nitrogens is 2. The number of hydrogen-bond donors (Lipinski definition) is 0. The first-order valence-corrected chi connectivity index (χ1v) is 31.5. The summed E-state index contributed by atoms with van der Waals surface area (Å²) >= 11 is 0. The van der Waals surface area contributed by atoms with E-state index in [1.54, 1.807) is 0 Å². The molecule has 1 amide bonds. The predicted octanol–water partition coefficient (Wildman–Crippen LogP) is 21.9. The molecule has 0 radical (unpaired) electrons. The molecule has 0 aliphatic heterocycles. The second-order valence-electron chi connectivity index (χ2n) is 21.4. The third-order valence-corrected chi connectivity index (χ3v) is 12.3. The van der Waals surface area contributed by atoms with Crippen LogP contribution in [0.2, 0.25) is 0 Å². The average Bonchev–Trinajstić information content (AvgIpc) is 3.21. The number of halogens is 12. The molecule has 0 spiro atoms. The molecule has 5 nitrogen and oxygen atoms in total. The van der Waals surface area contributed by atoms with Crippen molar-refractivity contribution in [1.29, 1.82) is 0 Å². The number of amides is 1. The van der Waals surface area contributed by atoms with Crippen LogP contribution in [0.15, 0.2) is 24.3 Å². The molecule has 0 unspecified atom stereocenters. The molecule has 0 N–H and O–H groups in total. The van der Waals surface area contributed by atoms with Gasteiger partial charge in [-0.3, -0.25) is 0 Å². The van der Waals surface area contributed by atoms with Gasteiger partial charge in [0.25, 0.3) is 0 Å². The number of rotatable bonds is 35. The Morgan fingerprint density at radius 2 is 0.712 bits per heavy atom. The molecular formula is C54H97F12N3O2P2. The van der Waals surface area contributed by atoms with Gasteiger partial charge >= 0.3 is 72.1 Å². The van der Waals surface area contributed by atoms with Gasteiger partial charge in [0.1, 0.15) is 12.1 Å². The molecule has 0 atom stereocenters. The van der Waals surface area contributed by atoms with Crippen molar-refractivity contribution in [3.63, 3.8) is 0 Å². The van der Waals surface area contributed by atoms with E-state index in [4.69, 9.17) is 4.74 Å². The van der Waals surface area contributed by atoms with Crippen LogP contribution in [0.4, 0.5) is 55.2 Å². The van der Waals surface area contributed by atoms with E-state index in [0.717, 1.165) is 51.7 Å². The Labute approximate surface area is 432 Å². The third-order valence-electron chi connectivity index (χ3n) is 12.3. The van der Waals surface area contributed by atoms with Crippen LogP contribution in [-0.2, 0) is 30.7 Å². The zero-order valence-electron chi connectivity index (χ0n) is 46.2. The first kappa shape index (κ1) is 70.6. The van der Waals surface area contributed by atoms with Gasteiger partial charge < -0.3 is 9.64 Å². The topological polar surface area (TPSA) is 37.3 Å². The Morgan fingerprint density at radius 3 is 1.01 bits per heavy atom. The molecule has 0 aromatic carbocycles. The van der Waals surface area contributed by atoms with Crippen molar-refractivity contribution in [3.8, 4) is 0 Å². The molecule has 0 fully saturated rings. The number of hydrogen-bond acceptors (Lipinski definition) is 2. The van der Waals surface area contributed by atoms with Crippen molar-refractivity contribution in [2.24, 2.45) is 0 Å². The van der Waals surface area contributed by atoms with Crippen LogP contribution >= 0.6 is 15.6 Å². The molecular weight excluding hydrogens is 1010 g/mol. The maximum atomic E-state index is 13.5. The Bertz CT molecular complexity index is 1790. The summed E-state index contributed by atoms with van der Waals surface area (Å²) in [6, 6.07) is 9.45. The second-order valence-corrected chi connectivity index (χ2v) is 25.2. The molecule has 2 aromatic heterocycles. The Balaban J connectivity index is 0.00000322. The van der Waals surface area contributed by atoms with Crippen molar-refractivity contribution >= 4 is 21.7 Å². The zero-order valence-corrected chi connectivity index (χ0v) is 48.0. The van der Waals surface area contributed by atoms with Gasteiger partial charge in [-0.05, 0) is 65.0 Å². The van der Waals surface area contributed by atoms with E-state index < -0.39 is 21.2 Å². The number of carbonyl (C=O) groups is 1.